The summed E-state index contributed by atoms with van der Waals surface area (Å²) in [4.78, 5) is 14.5. The van der Waals surface area contributed by atoms with Gasteiger partial charge < -0.3 is 25.2 Å². The van der Waals surface area contributed by atoms with Crippen LogP contribution in [0.25, 0.3) is 0 Å². The monoisotopic (exact) mass is 556 g/mol. The second-order valence-corrected chi connectivity index (χ2v) is 12.4. The van der Waals surface area contributed by atoms with E-state index in [1.807, 2.05) is 6.07 Å². The van der Waals surface area contributed by atoms with Crippen molar-refractivity contribution in [2.24, 2.45) is 11.8 Å². The van der Waals surface area contributed by atoms with Gasteiger partial charge in [0.15, 0.2) is 5.11 Å². The Morgan fingerprint density at radius 2 is 1.71 bits per heavy atom. The van der Waals surface area contributed by atoms with Gasteiger partial charge in [-0.2, -0.15) is 9.97 Å². The number of hydrogen-bond donors (Lipinski definition) is 2. The second kappa shape index (κ2) is 12.3. The number of aromatic nitrogens is 2. The van der Waals surface area contributed by atoms with E-state index >= 15 is 0 Å². The van der Waals surface area contributed by atoms with Crippen molar-refractivity contribution in [2.45, 2.75) is 57.8 Å². The lowest BCUT2D eigenvalue weighted by atomic mass is 9.69. The second-order valence-electron chi connectivity index (χ2n) is 11.5. The smallest absolute Gasteiger partial charge is 0.232 e. The van der Waals surface area contributed by atoms with Crippen molar-refractivity contribution in [3.63, 3.8) is 0 Å². The minimum Gasteiger partial charge on any atom is -0.378 e. The molecule has 3 fully saturated rings. The first kappa shape index (κ1) is 27.4. The lowest BCUT2D eigenvalue weighted by Gasteiger charge is -2.38. The minimum absolute atomic E-state index is 0.0244. The first-order valence-corrected chi connectivity index (χ1v) is 15.0. The number of anilines is 3. The quantitative estimate of drug-likeness (QED) is 0.443. The summed E-state index contributed by atoms with van der Waals surface area (Å²) in [5.74, 6) is 3.72. The van der Waals surface area contributed by atoms with Crippen molar-refractivity contribution in [1.82, 2.24) is 15.3 Å². The first-order valence-electron chi connectivity index (χ1n) is 14.2. The zero-order valence-corrected chi connectivity index (χ0v) is 24.3. The molecule has 2 N–H and O–H groups in total. The Kier molecular flexibility index (Phi) is 8.91. The van der Waals surface area contributed by atoms with Crippen molar-refractivity contribution in [3.8, 4) is 0 Å². The van der Waals surface area contributed by atoms with E-state index in [-0.39, 0.29) is 5.41 Å². The van der Waals surface area contributed by atoms with Gasteiger partial charge in [0, 0.05) is 49.2 Å². The average molecular weight is 557 g/mol. The van der Waals surface area contributed by atoms with Crippen molar-refractivity contribution in [1.29, 1.82) is 0 Å². The molecule has 38 heavy (non-hydrogen) atoms. The van der Waals surface area contributed by atoms with Gasteiger partial charge in [-0.25, -0.2) is 0 Å². The minimum atomic E-state index is 0.0244. The number of hydrogen-bond acceptors (Lipinski definition) is 6. The Labute approximate surface area is 237 Å². The van der Waals surface area contributed by atoms with Crippen molar-refractivity contribution >= 4 is 46.5 Å². The summed E-state index contributed by atoms with van der Waals surface area (Å²) in [5, 5.41) is 8.20. The third-order valence-electron chi connectivity index (χ3n) is 8.29. The fraction of sp³-hybridized carbons (Fsp3) is 0.621. The molecular weight excluding hydrogens is 516 g/mol. The van der Waals surface area contributed by atoms with Gasteiger partial charge in [0.1, 0.15) is 11.6 Å². The zero-order valence-electron chi connectivity index (χ0n) is 22.7. The number of rotatable bonds is 6. The fourth-order valence-corrected chi connectivity index (χ4v) is 6.81. The molecule has 1 aliphatic carbocycles. The van der Waals surface area contributed by atoms with Crippen LogP contribution >= 0.6 is 23.8 Å². The standard InChI is InChI=1S/C29H41ClN6OS/c1-21-15-22(2)19-36(18-21)26-17-25(35-11-13-37-14-12-35)32-27(33-26)34-28(38)31-20-29(9-4-3-5-10-29)23-7-6-8-24(30)16-23/h6-8,16-17,21-22H,3-5,9-15,18-20H2,1-2H3,(H2,31,32,33,34,38). The van der Waals surface area contributed by atoms with Crippen LogP contribution in [0, 0.1) is 11.8 Å². The van der Waals surface area contributed by atoms with E-state index < -0.39 is 0 Å². The molecule has 2 aromatic rings. The number of ether oxygens (including phenoxy) is 1. The Hall–Kier alpha value is -2.16. The fourth-order valence-electron chi connectivity index (χ4n) is 6.45. The molecule has 7 nitrogen and oxygen atoms in total. The normalized spacial score (nSPS) is 23.7. The van der Waals surface area contributed by atoms with Crippen LogP contribution in [0.4, 0.5) is 17.6 Å². The molecule has 5 rings (SSSR count). The van der Waals surface area contributed by atoms with Crippen LogP contribution in [0.1, 0.15) is 57.9 Å². The molecule has 2 unspecified atom stereocenters. The highest BCUT2D eigenvalue weighted by Gasteiger charge is 2.34. The Bertz CT molecular complexity index is 1090. The molecule has 3 aliphatic rings. The van der Waals surface area contributed by atoms with Crippen LogP contribution in [0.5, 0.6) is 0 Å². The van der Waals surface area contributed by atoms with Gasteiger partial charge in [-0.1, -0.05) is 56.8 Å². The summed E-state index contributed by atoms with van der Waals surface area (Å²) in [6.45, 7) is 10.5. The van der Waals surface area contributed by atoms with Gasteiger partial charge in [-0.05, 0) is 61.0 Å². The van der Waals surface area contributed by atoms with Gasteiger partial charge in [-0.3, -0.25) is 0 Å². The lowest BCUT2D eigenvalue weighted by molar-refractivity contribution is 0.122. The van der Waals surface area contributed by atoms with Crippen LogP contribution in [-0.4, -0.2) is 61.0 Å². The predicted molar refractivity (Wildman–Crippen MR) is 161 cm³/mol. The van der Waals surface area contributed by atoms with E-state index in [0.29, 0.717) is 36.1 Å². The first-order chi connectivity index (χ1) is 18.4. The van der Waals surface area contributed by atoms with Gasteiger partial charge in [-0.15, -0.1) is 0 Å². The zero-order chi connectivity index (χ0) is 26.5. The van der Waals surface area contributed by atoms with Crippen LogP contribution in [0.2, 0.25) is 5.02 Å². The third kappa shape index (κ3) is 6.69. The predicted octanol–water partition coefficient (Wildman–Crippen LogP) is 5.64. The SMILES string of the molecule is CC1CC(C)CN(c2cc(N3CCOCC3)nc(NC(=S)NCC3(c4cccc(Cl)c4)CCCCC3)n2)C1. The molecule has 1 aromatic carbocycles. The van der Waals surface area contributed by atoms with Gasteiger partial charge >= 0.3 is 0 Å². The highest BCUT2D eigenvalue weighted by Crippen LogP contribution is 2.40. The highest BCUT2D eigenvalue weighted by molar-refractivity contribution is 7.80. The number of morpholine rings is 1. The molecule has 2 aliphatic heterocycles. The number of piperidine rings is 1. The number of nitrogens with one attached hydrogen (secondary N) is 2. The molecule has 2 atom stereocenters. The summed E-state index contributed by atoms with van der Waals surface area (Å²) >= 11 is 12.2. The van der Waals surface area contributed by atoms with E-state index in [2.05, 4.69) is 58.5 Å². The van der Waals surface area contributed by atoms with E-state index in [1.54, 1.807) is 0 Å². The third-order valence-corrected chi connectivity index (χ3v) is 8.77. The average Bonchev–Trinajstić information content (AvgIpc) is 2.92. The summed E-state index contributed by atoms with van der Waals surface area (Å²) in [6, 6.07) is 10.5. The Morgan fingerprint density at radius 3 is 2.39 bits per heavy atom. The van der Waals surface area contributed by atoms with Crippen LogP contribution in [0.3, 0.4) is 0 Å². The maximum absolute atomic E-state index is 6.38. The number of halogens is 1. The molecule has 3 heterocycles. The summed E-state index contributed by atoms with van der Waals surface area (Å²) in [5.41, 5.74) is 1.32. The van der Waals surface area contributed by atoms with Gasteiger partial charge in [0.25, 0.3) is 0 Å². The van der Waals surface area contributed by atoms with Crippen LogP contribution in [-0.2, 0) is 10.2 Å². The van der Waals surface area contributed by atoms with E-state index in [1.165, 1.54) is 31.2 Å². The van der Waals surface area contributed by atoms with Crippen molar-refractivity contribution in [2.75, 3.05) is 61.1 Å². The molecule has 1 aromatic heterocycles. The molecule has 9 heteroatoms. The van der Waals surface area contributed by atoms with Crippen LogP contribution < -0.4 is 20.4 Å². The maximum Gasteiger partial charge on any atom is 0.232 e. The molecule has 0 amide bonds. The van der Waals surface area contributed by atoms with E-state index in [9.17, 15) is 0 Å². The summed E-state index contributed by atoms with van der Waals surface area (Å²) < 4.78 is 5.58. The Balaban J connectivity index is 1.33. The van der Waals surface area contributed by atoms with Gasteiger partial charge in [0.05, 0.1) is 13.2 Å². The molecule has 1 saturated carbocycles. The van der Waals surface area contributed by atoms with Crippen molar-refractivity contribution < 1.29 is 4.74 Å². The number of nitrogens with zero attached hydrogens (tertiary/aromatic N) is 4. The van der Waals surface area contributed by atoms with E-state index in [4.69, 9.17) is 38.5 Å². The molecule has 0 spiro atoms. The molecule has 2 saturated heterocycles. The molecule has 0 radical (unpaired) electrons. The number of benzene rings is 1. The van der Waals surface area contributed by atoms with Crippen LogP contribution in [0.15, 0.2) is 30.3 Å². The Morgan fingerprint density at radius 1 is 1.03 bits per heavy atom. The molecular formula is C29H41ClN6OS. The van der Waals surface area contributed by atoms with Gasteiger partial charge in [0.2, 0.25) is 5.95 Å². The molecule has 206 valence electrons. The summed E-state index contributed by atoms with van der Waals surface area (Å²) in [6.07, 6.45) is 7.22. The number of thiocarbonyl (C=S) groups is 1. The van der Waals surface area contributed by atoms with Crippen molar-refractivity contribution in [3.05, 3.63) is 40.9 Å². The maximum atomic E-state index is 6.38. The highest BCUT2D eigenvalue weighted by atomic mass is 35.5. The topological polar surface area (TPSA) is 65.6 Å². The largest absolute Gasteiger partial charge is 0.378 e. The summed E-state index contributed by atoms with van der Waals surface area (Å²) in [7, 11) is 0. The lowest BCUT2D eigenvalue weighted by Crippen LogP contribution is -2.44. The van der Waals surface area contributed by atoms with E-state index in [0.717, 1.165) is 62.2 Å². The molecule has 0 bridgehead atoms.